The monoisotopic (exact) mass is 260 g/mol. The number of nitrogens with zero attached hydrogens (tertiary/aromatic N) is 1. The van der Waals surface area contributed by atoms with Crippen LogP contribution in [0.15, 0.2) is 24.3 Å². The summed E-state index contributed by atoms with van der Waals surface area (Å²) in [7, 11) is 0. The Hall–Kier alpha value is -1.13. The molecule has 1 amide bonds. The molecule has 0 spiro atoms. The summed E-state index contributed by atoms with van der Waals surface area (Å²) >= 11 is 0. The molecule has 0 heterocycles. The quantitative estimate of drug-likeness (QED) is 0.882. The van der Waals surface area contributed by atoms with E-state index in [0.717, 1.165) is 13.1 Å². The number of carbonyl (C=O) groups is 1. The number of benzene rings is 1. The van der Waals surface area contributed by atoms with Gasteiger partial charge in [0.25, 0.3) is 0 Å². The van der Waals surface area contributed by atoms with Gasteiger partial charge in [0, 0.05) is 0 Å². The minimum Gasteiger partial charge on any atom is -0.322 e. The van der Waals surface area contributed by atoms with Gasteiger partial charge in [-0.3, -0.25) is 9.69 Å². The number of halogens is 2. The normalized spacial score (nSPS) is 9.88. The summed E-state index contributed by atoms with van der Waals surface area (Å²) in [4.78, 5) is 13.5. The van der Waals surface area contributed by atoms with Crippen LogP contribution in [0.5, 0.6) is 0 Å². The van der Waals surface area contributed by atoms with Gasteiger partial charge in [-0.1, -0.05) is 26.0 Å². The first-order valence-corrected chi connectivity index (χ1v) is 5.44. The fourth-order valence-corrected chi connectivity index (χ4v) is 1.40. The molecule has 1 aromatic carbocycles. The third-order valence-corrected chi connectivity index (χ3v) is 2.41. The van der Waals surface area contributed by atoms with Gasteiger partial charge >= 0.3 is 0 Å². The lowest BCUT2D eigenvalue weighted by molar-refractivity contribution is -0.117. The second kappa shape index (κ2) is 8.03. The Morgan fingerprint density at radius 3 is 2.41 bits per heavy atom. The van der Waals surface area contributed by atoms with Crippen LogP contribution in [0.2, 0.25) is 0 Å². The van der Waals surface area contributed by atoms with E-state index in [1.807, 2.05) is 18.7 Å². The molecule has 0 bridgehead atoms. The molecule has 1 N–H and O–H groups in total. The summed E-state index contributed by atoms with van der Waals surface area (Å²) in [5.74, 6) is -0.593. The van der Waals surface area contributed by atoms with Crippen LogP contribution in [0.4, 0.5) is 10.1 Å². The van der Waals surface area contributed by atoms with Crippen LogP contribution in [0, 0.1) is 5.82 Å². The van der Waals surface area contributed by atoms with Gasteiger partial charge in [-0.2, -0.15) is 0 Å². The highest BCUT2D eigenvalue weighted by Gasteiger charge is 2.09. The Labute approximate surface area is 107 Å². The summed E-state index contributed by atoms with van der Waals surface area (Å²) in [6.45, 7) is 5.88. The van der Waals surface area contributed by atoms with Crippen LogP contribution in [0.25, 0.3) is 0 Å². The van der Waals surface area contributed by atoms with Gasteiger partial charge in [0.2, 0.25) is 5.91 Å². The molecular weight excluding hydrogens is 243 g/mol. The van der Waals surface area contributed by atoms with Crippen molar-refractivity contribution in [1.29, 1.82) is 0 Å². The van der Waals surface area contributed by atoms with Crippen molar-refractivity contribution in [3.05, 3.63) is 30.1 Å². The molecule has 5 heteroatoms. The molecule has 0 aromatic heterocycles. The summed E-state index contributed by atoms with van der Waals surface area (Å²) < 4.78 is 13.2. The molecule has 0 aliphatic carbocycles. The molecule has 0 unspecified atom stereocenters. The first kappa shape index (κ1) is 15.9. The van der Waals surface area contributed by atoms with Gasteiger partial charge in [-0.15, -0.1) is 12.4 Å². The topological polar surface area (TPSA) is 32.3 Å². The predicted octanol–water partition coefficient (Wildman–Crippen LogP) is 2.53. The highest BCUT2D eigenvalue weighted by atomic mass is 35.5. The van der Waals surface area contributed by atoms with E-state index >= 15 is 0 Å². The third-order valence-electron chi connectivity index (χ3n) is 2.41. The van der Waals surface area contributed by atoms with E-state index in [9.17, 15) is 9.18 Å². The van der Waals surface area contributed by atoms with Gasteiger partial charge in [0.1, 0.15) is 5.82 Å². The predicted molar refractivity (Wildman–Crippen MR) is 70.1 cm³/mol. The number of anilines is 1. The van der Waals surface area contributed by atoms with Crippen LogP contribution in [0.3, 0.4) is 0 Å². The Bertz CT molecular complexity index is 356. The molecule has 1 rings (SSSR count). The number of rotatable bonds is 5. The molecule has 1 aromatic rings. The molecule has 0 aliphatic heterocycles. The Morgan fingerprint density at radius 1 is 1.29 bits per heavy atom. The van der Waals surface area contributed by atoms with Crippen molar-refractivity contribution in [2.45, 2.75) is 13.8 Å². The number of amides is 1. The zero-order valence-electron chi connectivity index (χ0n) is 10.1. The van der Waals surface area contributed by atoms with E-state index in [4.69, 9.17) is 0 Å². The van der Waals surface area contributed by atoms with E-state index < -0.39 is 5.82 Å². The van der Waals surface area contributed by atoms with Crippen molar-refractivity contribution in [2.24, 2.45) is 0 Å². The van der Waals surface area contributed by atoms with E-state index in [-0.39, 0.29) is 24.0 Å². The number of hydrogen-bond acceptors (Lipinski definition) is 2. The van der Waals surface area contributed by atoms with Crippen LogP contribution in [-0.4, -0.2) is 30.4 Å². The number of para-hydroxylation sites is 1. The van der Waals surface area contributed by atoms with E-state index in [2.05, 4.69) is 5.32 Å². The molecule has 17 heavy (non-hydrogen) atoms. The maximum atomic E-state index is 13.2. The Balaban J connectivity index is 0.00000256. The smallest absolute Gasteiger partial charge is 0.238 e. The van der Waals surface area contributed by atoms with Crippen molar-refractivity contribution in [1.82, 2.24) is 4.90 Å². The minimum atomic E-state index is -0.407. The SMILES string of the molecule is CCN(CC)CC(=O)Nc1ccccc1F.Cl. The summed E-state index contributed by atoms with van der Waals surface area (Å²) in [5.41, 5.74) is 0.236. The number of carbonyl (C=O) groups excluding carboxylic acids is 1. The minimum absolute atomic E-state index is 0. The maximum Gasteiger partial charge on any atom is 0.238 e. The Kier molecular flexibility index (Phi) is 7.50. The van der Waals surface area contributed by atoms with Crippen LogP contribution < -0.4 is 5.32 Å². The number of nitrogens with one attached hydrogen (secondary N) is 1. The molecular formula is C12H18ClFN2O. The summed E-state index contributed by atoms with van der Waals surface area (Å²) in [5, 5.41) is 2.55. The molecule has 0 aliphatic rings. The molecule has 0 atom stereocenters. The van der Waals surface area contributed by atoms with Crippen LogP contribution >= 0.6 is 12.4 Å². The maximum absolute atomic E-state index is 13.2. The van der Waals surface area contributed by atoms with Crippen molar-refractivity contribution in [3.8, 4) is 0 Å². The van der Waals surface area contributed by atoms with Crippen molar-refractivity contribution < 1.29 is 9.18 Å². The van der Waals surface area contributed by atoms with E-state index in [1.165, 1.54) is 6.07 Å². The third kappa shape index (κ3) is 5.15. The van der Waals surface area contributed by atoms with Crippen molar-refractivity contribution in [3.63, 3.8) is 0 Å². The second-order valence-corrected chi connectivity index (χ2v) is 3.49. The lowest BCUT2D eigenvalue weighted by atomic mass is 10.3. The zero-order valence-corrected chi connectivity index (χ0v) is 10.9. The van der Waals surface area contributed by atoms with Gasteiger partial charge in [-0.25, -0.2) is 4.39 Å². The van der Waals surface area contributed by atoms with Gasteiger partial charge in [0.05, 0.1) is 12.2 Å². The van der Waals surface area contributed by atoms with Gasteiger partial charge < -0.3 is 5.32 Å². The number of hydrogen-bond donors (Lipinski definition) is 1. The first-order chi connectivity index (χ1) is 7.67. The van der Waals surface area contributed by atoms with Crippen LogP contribution in [-0.2, 0) is 4.79 Å². The van der Waals surface area contributed by atoms with Gasteiger partial charge in [0.15, 0.2) is 0 Å². The highest BCUT2D eigenvalue weighted by molar-refractivity contribution is 5.92. The molecule has 0 saturated heterocycles. The Morgan fingerprint density at radius 2 is 1.88 bits per heavy atom. The van der Waals surface area contributed by atoms with Crippen molar-refractivity contribution >= 4 is 24.0 Å². The average molecular weight is 261 g/mol. The van der Waals surface area contributed by atoms with Crippen LogP contribution in [0.1, 0.15) is 13.8 Å². The van der Waals surface area contributed by atoms with Crippen molar-refractivity contribution in [2.75, 3.05) is 25.0 Å². The lowest BCUT2D eigenvalue weighted by Crippen LogP contribution is -2.33. The van der Waals surface area contributed by atoms with E-state index in [1.54, 1.807) is 18.2 Å². The van der Waals surface area contributed by atoms with Gasteiger partial charge in [-0.05, 0) is 25.2 Å². The fourth-order valence-electron chi connectivity index (χ4n) is 1.40. The average Bonchev–Trinajstić information content (AvgIpc) is 2.29. The molecule has 0 fully saturated rings. The second-order valence-electron chi connectivity index (χ2n) is 3.49. The molecule has 96 valence electrons. The standard InChI is InChI=1S/C12H17FN2O.ClH/c1-3-15(4-2)9-12(16)14-11-8-6-5-7-10(11)13;/h5-8H,3-4,9H2,1-2H3,(H,14,16);1H. The number of likely N-dealkylation sites (N-methyl/N-ethyl adjacent to an activating group) is 1. The fraction of sp³-hybridized carbons (Fsp3) is 0.417. The largest absolute Gasteiger partial charge is 0.322 e. The molecule has 0 saturated carbocycles. The molecule has 0 radical (unpaired) electrons. The highest BCUT2D eigenvalue weighted by Crippen LogP contribution is 2.11. The zero-order chi connectivity index (χ0) is 12.0. The molecule has 3 nitrogen and oxygen atoms in total. The van der Waals surface area contributed by atoms with E-state index in [0.29, 0.717) is 6.54 Å². The first-order valence-electron chi connectivity index (χ1n) is 5.44. The summed E-state index contributed by atoms with van der Waals surface area (Å²) in [6, 6.07) is 6.16. The summed E-state index contributed by atoms with van der Waals surface area (Å²) in [6.07, 6.45) is 0. The lowest BCUT2D eigenvalue weighted by Gasteiger charge is -2.17.